The molecule has 2 heterocycles. The van der Waals surface area contributed by atoms with Crippen LogP contribution in [0.3, 0.4) is 0 Å². The highest BCUT2D eigenvalue weighted by Gasteiger charge is 2.14. The first-order valence-electron chi connectivity index (χ1n) is 10.4. The van der Waals surface area contributed by atoms with Crippen molar-refractivity contribution in [1.82, 2.24) is 9.55 Å². The molecule has 2 aromatic heterocycles. The molecule has 0 saturated carbocycles. The summed E-state index contributed by atoms with van der Waals surface area (Å²) in [5, 5.41) is 22.2. The number of para-hydroxylation sites is 1. The molecule has 1 atom stereocenters. The first-order valence-corrected chi connectivity index (χ1v) is 11.3. The topological polar surface area (TPSA) is 62.8 Å². The van der Waals surface area contributed by atoms with Crippen molar-refractivity contribution in [1.29, 1.82) is 0 Å². The number of aromatic hydroxyl groups is 1. The number of rotatable bonds is 6. The monoisotopic (exact) mass is 438 g/mol. The highest BCUT2D eigenvalue weighted by molar-refractivity contribution is 7.13. The SMILES string of the molecule is CC(N=Nc1nc(-c2ccc(O)cc2)cs1)c1cn(Cc2ccccc2)c2ccccc12. The van der Waals surface area contributed by atoms with Crippen LogP contribution in [0.4, 0.5) is 5.13 Å². The van der Waals surface area contributed by atoms with Gasteiger partial charge in [0.05, 0.1) is 11.7 Å². The highest BCUT2D eigenvalue weighted by Crippen LogP contribution is 2.32. The Morgan fingerprint density at radius 3 is 2.53 bits per heavy atom. The molecule has 0 aliphatic rings. The smallest absolute Gasteiger partial charge is 0.230 e. The van der Waals surface area contributed by atoms with Crippen molar-refractivity contribution in [3.63, 3.8) is 0 Å². The maximum absolute atomic E-state index is 9.47. The Labute approximate surface area is 190 Å². The van der Waals surface area contributed by atoms with Gasteiger partial charge in [-0.25, -0.2) is 4.98 Å². The number of hydrogen-bond donors (Lipinski definition) is 1. The zero-order valence-corrected chi connectivity index (χ0v) is 18.4. The molecule has 1 N–H and O–H groups in total. The van der Waals surface area contributed by atoms with Gasteiger partial charge in [-0.3, -0.25) is 0 Å². The van der Waals surface area contributed by atoms with Gasteiger partial charge >= 0.3 is 0 Å². The van der Waals surface area contributed by atoms with E-state index in [0.717, 1.165) is 23.4 Å². The van der Waals surface area contributed by atoms with Gasteiger partial charge in [0.2, 0.25) is 5.13 Å². The fourth-order valence-electron chi connectivity index (χ4n) is 3.79. The standard InChI is InChI=1S/C26H22N4OS/c1-18(28-29-26-27-24(17-32-26)20-11-13-21(31)14-12-20)23-16-30(15-19-7-3-2-4-8-19)25-10-6-5-9-22(23)25/h2-14,16-18,31H,15H2,1H3. The number of aromatic nitrogens is 2. The van der Waals surface area contributed by atoms with Gasteiger partial charge in [0.25, 0.3) is 0 Å². The van der Waals surface area contributed by atoms with Crippen LogP contribution in [0.2, 0.25) is 0 Å². The van der Waals surface area contributed by atoms with E-state index in [4.69, 9.17) is 0 Å². The van der Waals surface area contributed by atoms with Gasteiger partial charge in [-0.2, -0.15) is 5.11 Å². The van der Waals surface area contributed by atoms with E-state index in [2.05, 4.69) is 81.4 Å². The van der Waals surface area contributed by atoms with Gasteiger partial charge in [-0.1, -0.05) is 48.5 Å². The van der Waals surface area contributed by atoms with E-state index in [1.807, 2.05) is 23.6 Å². The largest absolute Gasteiger partial charge is 0.508 e. The van der Waals surface area contributed by atoms with Gasteiger partial charge in [-0.15, -0.1) is 16.5 Å². The van der Waals surface area contributed by atoms with Gasteiger partial charge in [0.1, 0.15) is 5.75 Å². The minimum atomic E-state index is -0.0991. The van der Waals surface area contributed by atoms with Crippen LogP contribution in [0.25, 0.3) is 22.2 Å². The summed E-state index contributed by atoms with van der Waals surface area (Å²) < 4.78 is 2.28. The molecule has 6 heteroatoms. The average Bonchev–Trinajstić information content (AvgIpc) is 3.44. The van der Waals surface area contributed by atoms with E-state index < -0.39 is 0 Å². The van der Waals surface area contributed by atoms with Crippen LogP contribution in [-0.2, 0) is 6.54 Å². The number of benzene rings is 3. The van der Waals surface area contributed by atoms with Crippen LogP contribution >= 0.6 is 11.3 Å². The molecule has 0 aliphatic heterocycles. The minimum absolute atomic E-state index is 0.0991. The van der Waals surface area contributed by atoms with Crippen LogP contribution in [0.1, 0.15) is 24.1 Å². The maximum Gasteiger partial charge on any atom is 0.230 e. The number of phenols is 1. The second-order valence-corrected chi connectivity index (χ2v) is 8.51. The van der Waals surface area contributed by atoms with E-state index >= 15 is 0 Å². The molecule has 3 aromatic carbocycles. The molecule has 32 heavy (non-hydrogen) atoms. The lowest BCUT2D eigenvalue weighted by atomic mass is 10.1. The van der Waals surface area contributed by atoms with Crippen molar-refractivity contribution < 1.29 is 5.11 Å². The van der Waals surface area contributed by atoms with Crippen LogP contribution < -0.4 is 0 Å². The van der Waals surface area contributed by atoms with E-state index in [-0.39, 0.29) is 11.8 Å². The van der Waals surface area contributed by atoms with Crippen molar-refractivity contribution in [2.45, 2.75) is 19.5 Å². The molecule has 0 amide bonds. The predicted octanol–water partition coefficient (Wildman–Crippen LogP) is 7.36. The maximum atomic E-state index is 9.47. The van der Waals surface area contributed by atoms with E-state index in [9.17, 15) is 5.11 Å². The Hall–Kier alpha value is -3.77. The summed E-state index contributed by atoms with van der Waals surface area (Å²) in [6.07, 6.45) is 2.19. The average molecular weight is 439 g/mol. The lowest BCUT2D eigenvalue weighted by Crippen LogP contribution is -1.97. The van der Waals surface area contributed by atoms with E-state index in [1.165, 1.54) is 27.8 Å². The van der Waals surface area contributed by atoms with Gasteiger partial charge < -0.3 is 9.67 Å². The molecule has 0 radical (unpaired) electrons. The second-order valence-electron chi connectivity index (χ2n) is 7.67. The quantitative estimate of drug-likeness (QED) is 0.281. The van der Waals surface area contributed by atoms with Crippen LogP contribution in [0.15, 0.2) is 101 Å². The van der Waals surface area contributed by atoms with Gasteiger partial charge in [-0.05, 0) is 42.8 Å². The number of nitrogens with zero attached hydrogens (tertiary/aromatic N) is 4. The fraction of sp³-hybridized carbons (Fsp3) is 0.115. The number of fused-ring (bicyclic) bond motifs is 1. The van der Waals surface area contributed by atoms with E-state index in [1.54, 1.807) is 12.1 Å². The highest BCUT2D eigenvalue weighted by atomic mass is 32.1. The molecule has 0 bridgehead atoms. The summed E-state index contributed by atoms with van der Waals surface area (Å²) in [6, 6.07) is 25.8. The Morgan fingerprint density at radius 2 is 1.72 bits per heavy atom. The van der Waals surface area contributed by atoms with Crippen molar-refractivity contribution in [3.8, 4) is 17.0 Å². The van der Waals surface area contributed by atoms with Crippen LogP contribution in [-0.4, -0.2) is 14.7 Å². The summed E-state index contributed by atoms with van der Waals surface area (Å²) in [7, 11) is 0. The molecule has 0 fully saturated rings. The third-order valence-electron chi connectivity index (χ3n) is 5.44. The Morgan fingerprint density at radius 1 is 0.969 bits per heavy atom. The Kier molecular flexibility index (Phi) is 5.52. The lowest BCUT2D eigenvalue weighted by Gasteiger charge is -2.05. The Bertz CT molecular complexity index is 1370. The molecular weight excluding hydrogens is 416 g/mol. The fourth-order valence-corrected chi connectivity index (χ4v) is 4.44. The minimum Gasteiger partial charge on any atom is -0.508 e. The van der Waals surface area contributed by atoms with Crippen molar-refractivity contribution in [2.24, 2.45) is 10.2 Å². The van der Waals surface area contributed by atoms with Gasteiger partial charge in [0, 0.05) is 40.2 Å². The van der Waals surface area contributed by atoms with Crippen LogP contribution in [0, 0.1) is 0 Å². The summed E-state index contributed by atoms with van der Waals surface area (Å²) >= 11 is 1.46. The van der Waals surface area contributed by atoms with Gasteiger partial charge in [0.15, 0.2) is 0 Å². The number of phenolic OH excluding ortho intramolecular Hbond substituents is 1. The third kappa shape index (κ3) is 4.18. The van der Waals surface area contributed by atoms with Crippen LogP contribution in [0.5, 0.6) is 5.75 Å². The molecule has 5 nitrogen and oxygen atoms in total. The molecular formula is C26H22N4OS. The molecule has 0 saturated heterocycles. The summed E-state index contributed by atoms with van der Waals surface area (Å²) in [5.74, 6) is 0.240. The normalized spacial score (nSPS) is 12.5. The molecule has 158 valence electrons. The molecule has 5 aromatic rings. The number of azo groups is 1. The zero-order chi connectivity index (χ0) is 21.9. The van der Waals surface area contributed by atoms with Crippen molar-refractivity contribution >= 4 is 27.4 Å². The molecule has 0 aliphatic carbocycles. The lowest BCUT2D eigenvalue weighted by molar-refractivity contribution is 0.475. The molecule has 5 rings (SSSR count). The first kappa shape index (κ1) is 20.2. The number of hydrogen-bond acceptors (Lipinski definition) is 5. The number of thiazole rings is 1. The Balaban J connectivity index is 1.40. The summed E-state index contributed by atoms with van der Waals surface area (Å²) in [4.78, 5) is 4.57. The second kappa shape index (κ2) is 8.77. The molecule has 0 spiro atoms. The van der Waals surface area contributed by atoms with E-state index in [0.29, 0.717) is 5.13 Å². The first-order chi connectivity index (χ1) is 15.7. The summed E-state index contributed by atoms with van der Waals surface area (Å²) in [6.45, 7) is 2.88. The molecule has 1 unspecified atom stereocenters. The van der Waals surface area contributed by atoms with Crippen molar-refractivity contribution in [2.75, 3.05) is 0 Å². The summed E-state index contributed by atoms with van der Waals surface area (Å²) in [5.41, 5.74) is 5.38. The third-order valence-corrected chi connectivity index (χ3v) is 6.16. The van der Waals surface area contributed by atoms with Crippen molar-refractivity contribution in [3.05, 3.63) is 102 Å². The zero-order valence-electron chi connectivity index (χ0n) is 17.6. The predicted molar refractivity (Wildman–Crippen MR) is 130 cm³/mol.